The van der Waals surface area contributed by atoms with Crippen molar-refractivity contribution in [3.8, 4) is 11.5 Å². The van der Waals surface area contributed by atoms with Gasteiger partial charge < -0.3 is 14.8 Å². The minimum absolute atomic E-state index is 0.197. The molecule has 2 aliphatic rings. The Bertz CT molecular complexity index is 846. The standard InChI is InChI=1S/C24H29NO3/c1-27-23-7-3-5-19-18(4-2-6-20(19)23)11-14-25-13-10-17-8-9-24-21(16-17)22(26)12-15-28-24/h3,5,7-9,16,18,25H,2,4,6,10-15H2,1H3. The minimum Gasteiger partial charge on any atom is -0.496 e. The van der Waals surface area contributed by atoms with Crippen LogP contribution in [0.2, 0.25) is 0 Å². The third-order valence-corrected chi connectivity index (χ3v) is 6.00. The fraction of sp³-hybridized carbons (Fsp3) is 0.458. The van der Waals surface area contributed by atoms with Gasteiger partial charge in [-0.3, -0.25) is 4.79 Å². The van der Waals surface area contributed by atoms with Gasteiger partial charge in [-0.2, -0.15) is 0 Å². The van der Waals surface area contributed by atoms with Crippen molar-refractivity contribution in [2.45, 2.75) is 44.4 Å². The summed E-state index contributed by atoms with van der Waals surface area (Å²) in [6, 6.07) is 12.5. The first-order chi connectivity index (χ1) is 13.8. The smallest absolute Gasteiger partial charge is 0.170 e. The average Bonchev–Trinajstić information content (AvgIpc) is 2.73. The zero-order valence-corrected chi connectivity index (χ0v) is 16.6. The predicted octanol–water partition coefficient (Wildman–Crippen LogP) is 4.30. The molecule has 0 aromatic heterocycles. The highest BCUT2D eigenvalue weighted by Gasteiger charge is 2.22. The van der Waals surface area contributed by atoms with Gasteiger partial charge >= 0.3 is 0 Å². The number of hydrogen-bond acceptors (Lipinski definition) is 4. The van der Waals surface area contributed by atoms with E-state index in [2.05, 4.69) is 29.6 Å². The van der Waals surface area contributed by atoms with Crippen molar-refractivity contribution in [3.63, 3.8) is 0 Å². The summed E-state index contributed by atoms with van der Waals surface area (Å²) in [6.45, 7) is 2.43. The molecule has 0 spiro atoms. The summed E-state index contributed by atoms with van der Waals surface area (Å²) in [5.41, 5.74) is 4.82. The molecule has 0 amide bonds. The fourth-order valence-electron chi connectivity index (χ4n) is 4.50. The summed E-state index contributed by atoms with van der Waals surface area (Å²) in [5, 5.41) is 3.58. The second-order valence-electron chi connectivity index (χ2n) is 7.76. The Morgan fingerprint density at radius 3 is 3.00 bits per heavy atom. The first-order valence-electron chi connectivity index (χ1n) is 10.4. The number of rotatable bonds is 7. The molecule has 4 nitrogen and oxygen atoms in total. The summed E-state index contributed by atoms with van der Waals surface area (Å²) in [7, 11) is 1.77. The van der Waals surface area contributed by atoms with Crippen LogP contribution < -0.4 is 14.8 Å². The molecular formula is C24H29NO3. The van der Waals surface area contributed by atoms with Crippen LogP contribution in [0.5, 0.6) is 11.5 Å². The lowest BCUT2D eigenvalue weighted by Gasteiger charge is -2.27. The molecule has 0 bridgehead atoms. The van der Waals surface area contributed by atoms with Crippen molar-refractivity contribution in [1.82, 2.24) is 5.32 Å². The van der Waals surface area contributed by atoms with E-state index in [-0.39, 0.29) is 5.78 Å². The lowest BCUT2D eigenvalue weighted by Crippen LogP contribution is -2.22. The maximum atomic E-state index is 12.0. The molecule has 2 aromatic carbocycles. The average molecular weight is 380 g/mol. The Hall–Kier alpha value is -2.33. The normalized spacial score (nSPS) is 18.2. The second kappa shape index (κ2) is 8.78. The number of hydrogen-bond donors (Lipinski definition) is 1. The topological polar surface area (TPSA) is 47.6 Å². The highest BCUT2D eigenvalue weighted by Crippen LogP contribution is 2.38. The van der Waals surface area contributed by atoms with E-state index >= 15 is 0 Å². The highest BCUT2D eigenvalue weighted by atomic mass is 16.5. The minimum atomic E-state index is 0.197. The lowest BCUT2D eigenvalue weighted by molar-refractivity contribution is 0.0933. The third-order valence-electron chi connectivity index (χ3n) is 6.00. The molecule has 148 valence electrons. The molecule has 1 unspecified atom stereocenters. The number of nitrogens with one attached hydrogen (secondary N) is 1. The van der Waals surface area contributed by atoms with Crippen LogP contribution in [0.15, 0.2) is 36.4 Å². The summed E-state index contributed by atoms with van der Waals surface area (Å²) in [4.78, 5) is 12.0. The molecule has 0 radical (unpaired) electrons. The van der Waals surface area contributed by atoms with Crippen molar-refractivity contribution < 1.29 is 14.3 Å². The zero-order valence-electron chi connectivity index (χ0n) is 16.6. The van der Waals surface area contributed by atoms with E-state index in [1.807, 2.05) is 12.1 Å². The number of methoxy groups -OCH3 is 1. The summed E-state index contributed by atoms with van der Waals surface area (Å²) >= 11 is 0. The van der Waals surface area contributed by atoms with Gasteiger partial charge in [-0.15, -0.1) is 0 Å². The van der Waals surface area contributed by atoms with Crippen LogP contribution in [-0.4, -0.2) is 32.6 Å². The fourth-order valence-corrected chi connectivity index (χ4v) is 4.50. The SMILES string of the molecule is COc1cccc2c1CCCC2CCNCCc1ccc2c(c1)C(=O)CCO2. The van der Waals surface area contributed by atoms with E-state index in [0.717, 1.165) is 49.4 Å². The number of benzene rings is 2. The molecule has 1 aliphatic heterocycles. The van der Waals surface area contributed by atoms with Gasteiger partial charge in [0, 0.05) is 6.42 Å². The Labute approximate surface area is 167 Å². The van der Waals surface area contributed by atoms with Crippen LogP contribution in [-0.2, 0) is 12.8 Å². The number of carbonyl (C=O) groups is 1. The van der Waals surface area contributed by atoms with Crippen LogP contribution in [0.3, 0.4) is 0 Å². The largest absolute Gasteiger partial charge is 0.496 e. The molecule has 28 heavy (non-hydrogen) atoms. The third kappa shape index (κ3) is 4.07. The maximum absolute atomic E-state index is 12.0. The monoisotopic (exact) mass is 379 g/mol. The molecule has 0 saturated heterocycles. The molecule has 1 atom stereocenters. The molecule has 1 aliphatic carbocycles. The van der Waals surface area contributed by atoms with Gasteiger partial charge in [0.15, 0.2) is 5.78 Å². The summed E-state index contributed by atoms with van der Waals surface area (Å²) in [6.07, 6.45) is 6.19. The Morgan fingerprint density at radius 1 is 1.18 bits per heavy atom. The van der Waals surface area contributed by atoms with E-state index in [0.29, 0.717) is 18.9 Å². The number of Topliss-reactive ketones (excluding diaryl/α,β-unsaturated/α-hetero) is 1. The molecular weight excluding hydrogens is 350 g/mol. The zero-order chi connectivity index (χ0) is 19.3. The van der Waals surface area contributed by atoms with Gasteiger partial charge in [0.2, 0.25) is 0 Å². The van der Waals surface area contributed by atoms with Gasteiger partial charge in [-0.1, -0.05) is 18.2 Å². The predicted molar refractivity (Wildman–Crippen MR) is 111 cm³/mol. The molecule has 4 heteroatoms. The van der Waals surface area contributed by atoms with E-state index in [9.17, 15) is 4.79 Å². The van der Waals surface area contributed by atoms with Gasteiger partial charge in [-0.25, -0.2) is 0 Å². The van der Waals surface area contributed by atoms with Gasteiger partial charge in [0.05, 0.1) is 19.3 Å². The maximum Gasteiger partial charge on any atom is 0.170 e. The van der Waals surface area contributed by atoms with Gasteiger partial charge in [0.25, 0.3) is 0 Å². The molecule has 0 fully saturated rings. The number of fused-ring (bicyclic) bond motifs is 2. The van der Waals surface area contributed by atoms with Crippen molar-refractivity contribution in [3.05, 3.63) is 58.7 Å². The second-order valence-corrected chi connectivity index (χ2v) is 7.76. The van der Waals surface area contributed by atoms with Gasteiger partial charge in [0.1, 0.15) is 11.5 Å². The van der Waals surface area contributed by atoms with Crippen LogP contribution in [0, 0.1) is 0 Å². The van der Waals surface area contributed by atoms with Crippen molar-refractivity contribution >= 4 is 5.78 Å². The van der Waals surface area contributed by atoms with E-state index < -0.39 is 0 Å². The molecule has 1 heterocycles. The van der Waals surface area contributed by atoms with Crippen LogP contribution in [0.1, 0.15) is 58.6 Å². The van der Waals surface area contributed by atoms with Crippen molar-refractivity contribution in [2.75, 3.05) is 26.8 Å². The first-order valence-corrected chi connectivity index (χ1v) is 10.4. The first kappa shape index (κ1) is 19.0. The lowest BCUT2D eigenvalue weighted by atomic mass is 9.80. The summed E-state index contributed by atoms with van der Waals surface area (Å²) in [5.74, 6) is 2.59. The van der Waals surface area contributed by atoms with Crippen LogP contribution >= 0.6 is 0 Å². The molecule has 1 N–H and O–H groups in total. The van der Waals surface area contributed by atoms with Crippen LogP contribution in [0.4, 0.5) is 0 Å². The van der Waals surface area contributed by atoms with E-state index in [4.69, 9.17) is 9.47 Å². The van der Waals surface area contributed by atoms with E-state index in [1.165, 1.54) is 29.5 Å². The number of ketones is 1. The number of ether oxygens (including phenoxy) is 2. The van der Waals surface area contributed by atoms with E-state index in [1.54, 1.807) is 7.11 Å². The Balaban J connectivity index is 1.27. The van der Waals surface area contributed by atoms with Crippen molar-refractivity contribution in [1.29, 1.82) is 0 Å². The highest BCUT2D eigenvalue weighted by molar-refractivity contribution is 5.99. The Morgan fingerprint density at radius 2 is 2.11 bits per heavy atom. The van der Waals surface area contributed by atoms with Crippen LogP contribution in [0.25, 0.3) is 0 Å². The Kier molecular flexibility index (Phi) is 5.96. The molecule has 2 aromatic rings. The molecule has 0 saturated carbocycles. The quantitative estimate of drug-likeness (QED) is 0.729. The number of carbonyl (C=O) groups excluding carboxylic acids is 1. The molecule has 4 rings (SSSR count). The van der Waals surface area contributed by atoms with Gasteiger partial charge in [-0.05, 0) is 86.0 Å². The summed E-state index contributed by atoms with van der Waals surface area (Å²) < 4.78 is 11.1. The van der Waals surface area contributed by atoms with Crippen molar-refractivity contribution in [2.24, 2.45) is 0 Å².